The Bertz CT molecular complexity index is 1180. The third-order valence-electron chi connectivity index (χ3n) is 3.84. The quantitative estimate of drug-likeness (QED) is 0.499. The fourth-order valence-electron chi connectivity index (χ4n) is 2.65. The molecule has 136 valence electrons. The number of hydrogen-bond acceptors (Lipinski definition) is 4. The SMILES string of the molecule is Cn1cc(NC(=O)c2cnn3ccc(Cl)nc23)c(-c2cc(Cl)ccc2Cl)n1. The molecule has 1 amide bonds. The molecule has 0 aliphatic carbocycles. The molecular formula is C17H11Cl3N6O. The molecule has 3 heterocycles. The number of benzene rings is 1. The molecule has 0 radical (unpaired) electrons. The van der Waals surface area contributed by atoms with Gasteiger partial charge in [-0.05, 0) is 24.3 Å². The first-order chi connectivity index (χ1) is 12.9. The van der Waals surface area contributed by atoms with Crippen LogP contribution in [0.1, 0.15) is 10.4 Å². The molecule has 10 heteroatoms. The van der Waals surface area contributed by atoms with Gasteiger partial charge in [-0.2, -0.15) is 10.2 Å². The van der Waals surface area contributed by atoms with E-state index in [0.717, 1.165) is 0 Å². The number of carbonyl (C=O) groups is 1. The topological polar surface area (TPSA) is 77.1 Å². The molecule has 0 saturated carbocycles. The van der Waals surface area contributed by atoms with Crippen molar-refractivity contribution in [3.8, 4) is 11.3 Å². The molecule has 4 rings (SSSR count). The second-order valence-corrected chi connectivity index (χ2v) is 6.95. The van der Waals surface area contributed by atoms with Crippen molar-refractivity contribution >= 4 is 52.0 Å². The maximum absolute atomic E-state index is 12.8. The highest BCUT2D eigenvalue weighted by Crippen LogP contribution is 2.34. The zero-order valence-corrected chi connectivity index (χ0v) is 16.1. The monoisotopic (exact) mass is 420 g/mol. The highest BCUT2D eigenvalue weighted by molar-refractivity contribution is 6.35. The van der Waals surface area contributed by atoms with Crippen LogP contribution in [0.2, 0.25) is 15.2 Å². The van der Waals surface area contributed by atoms with Gasteiger partial charge in [0.1, 0.15) is 16.4 Å². The van der Waals surface area contributed by atoms with Crippen molar-refractivity contribution in [3.05, 3.63) is 63.6 Å². The summed E-state index contributed by atoms with van der Waals surface area (Å²) in [5.41, 5.74) is 2.23. The first-order valence-corrected chi connectivity index (χ1v) is 8.86. The first kappa shape index (κ1) is 17.8. The lowest BCUT2D eigenvalue weighted by atomic mass is 10.1. The third-order valence-corrected chi connectivity index (χ3v) is 4.62. The molecule has 7 nitrogen and oxygen atoms in total. The van der Waals surface area contributed by atoms with Crippen LogP contribution in [-0.4, -0.2) is 30.3 Å². The van der Waals surface area contributed by atoms with Gasteiger partial charge in [0.2, 0.25) is 0 Å². The molecule has 0 aliphatic rings. The van der Waals surface area contributed by atoms with Crippen LogP contribution < -0.4 is 5.32 Å². The predicted octanol–water partition coefficient (Wildman–Crippen LogP) is 4.34. The van der Waals surface area contributed by atoms with E-state index in [9.17, 15) is 4.79 Å². The van der Waals surface area contributed by atoms with Crippen LogP contribution in [0.4, 0.5) is 5.69 Å². The summed E-state index contributed by atoms with van der Waals surface area (Å²) in [6.07, 6.45) is 4.73. The van der Waals surface area contributed by atoms with Gasteiger partial charge in [0.25, 0.3) is 5.91 Å². The van der Waals surface area contributed by atoms with Crippen LogP contribution >= 0.6 is 34.8 Å². The third kappa shape index (κ3) is 3.37. The van der Waals surface area contributed by atoms with Crippen LogP contribution in [0.15, 0.2) is 42.9 Å². The minimum atomic E-state index is -0.396. The van der Waals surface area contributed by atoms with Gasteiger partial charge in [-0.25, -0.2) is 9.50 Å². The van der Waals surface area contributed by atoms with Gasteiger partial charge in [-0.15, -0.1) is 0 Å². The number of nitrogens with zero attached hydrogens (tertiary/aromatic N) is 5. The number of amides is 1. The van der Waals surface area contributed by atoms with Gasteiger partial charge in [-0.3, -0.25) is 9.48 Å². The Morgan fingerprint density at radius 2 is 2.00 bits per heavy atom. The molecule has 1 aromatic carbocycles. The number of halogens is 3. The van der Waals surface area contributed by atoms with Crippen LogP contribution in [0, 0.1) is 0 Å². The Morgan fingerprint density at radius 1 is 1.19 bits per heavy atom. The molecule has 1 N–H and O–H groups in total. The Labute approximate surface area is 168 Å². The van der Waals surface area contributed by atoms with Gasteiger partial charge >= 0.3 is 0 Å². The molecular weight excluding hydrogens is 411 g/mol. The van der Waals surface area contributed by atoms with Crippen molar-refractivity contribution in [1.29, 1.82) is 0 Å². The van der Waals surface area contributed by atoms with E-state index in [1.165, 1.54) is 10.7 Å². The van der Waals surface area contributed by atoms with Crippen LogP contribution in [0.5, 0.6) is 0 Å². The number of rotatable bonds is 3. The number of anilines is 1. The predicted molar refractivity (Wildman–Crippen MR) is 105 cm³/mol. The average Bonchev–Trinajstić information content (AvgIpc) is 3.20. The lowest BCUT2D eigenvalue weighted by Gasteiger charge is -2.06. The molecule has 3 aromatic heterocycles. The van der Waals surface area contributed by atoms with E-state index in [2.05, 4.69) is 20.5 Å². The molecule has 0 spiro atoms. The summed E-state index contributed by atoms with van der Waals surface area (Å²) in [5, 5.41) is 12.6. The maximum atomic E-state index is 12.8. The number of hydrogen-bond donors (Lipinski definition) is 1. The van der Waals surface area contributed by atoms with Crippen molar-refractivity contribution in [2.24, 2.45) is 7.05 Å². The van der Waals surface area contributed by atoms with E-state index >= 15 is 0 Å². The molecule has 4 aromatic rings. The summed E-state index contributed by atoms with van der Waals surface area (Å²) >= 11 is 18.3. The van der Waals surface area contributed by atoms with Crippen LogP contribution in [0.3, 0.4) is 0 Å². The molecule has 0 aliphatic heterocycles. The minimum absolute atomic E-state index is 0.268. The largest absolute Gasteiger partial charge is 0.319 e. The highest BCUT2D eigenvalue weighted by Gasteiger charge is 2.19. The molecule has 0 bridgehead atoms. The zero-order chi connectivity index (χ0) is 19.1. The maximum Gasteiger partial charge on any atom is 0.261 e. The number of aromatic nitrogens is 5. The standard InChI is InChI=1S/C17H11Cl3N6O/c1-25-8-13(15(24-25)10-6-9(18)2-3-12(10)19)22-17(27)11-7-21-26-5-4-14(20)23-16(11)26/h2-8H,1H3,(H,22,27). The zero-order valence-electron chi connectivity index (χ0n) is 13.8. The van der Waals surface area contributed by atoms with Crippen molar-refractivity contribution in [1.82, 2.24) is 24.4 Å². The first-order valence-electron chi connectivity index (χ1n) is 7.72. The molecule has 27 heavy (non-hydrogen) atoms. The van der Waals surface area contributed by atoms with E-state index in [0.29, 0.717) is 32.6 Å². The van der Waals surface area contributed by atoms with E-state index in [1.54, 1.807) is 48.4 Å². The van der Waals surface area contributed by atoms with Gasteiger partial charge in [0.05, 0.1) is 16.9 Å². The van der Waals surface area contributed by atoms with Crippen LogP contribution in [-0.2, 0) is 7.05 Å². The Hall–Kier alpha value is -2.61. The van der Waals surface area contributed by atoms with Gasteiger partial charge < -0.3 is 5.32 Å². The lowest BCUT2D eigenvalue weighted by Crippen LogP contribution is -2.12. The summed E-state index contributed by atoms with van der Waals surface area (Å²) in [5.74, 6) is -0.396. The van der Waals surface area contributed by atoms with E-state index in [4.69, 9.17) is 34.8 Å². The molecule has 0 saturated heterocycles. The van der Waals surface area contributed by atoms with Crippen LogP contribution in [0.25, 0.3) is 16.9 Å². The fraction of sp³-hybridized carbons (Fsp3) is 0.0588. The van der Waals surface area contributed by atoms with E-state index in [1.807, 2.05) is 0 Å². The second kappa shape index (κ2) is 6.84. The Morgan fingerprint density at radius 3 is 2.81 bits per heavy atom. The Balaban J connectivity index is 1.74. The number of aryl methyl sites for hydroxylation is 1. The lowest BCUT2D eigenvalue weighted by molar-refractivity contribution is 0.102. The van der Waals surface area contributed by atoms with E-state index in [-0.39, 0.29) is 10.7 Å². The van der Waals surface area contributed by atoms with Gasteiger partial charge in [0.15, 0.2) is 5.65 Å². The number of fused-ring (bicyclic) bond motifs is 1. The van der Waals surface area contributed by atoms with Crippen molar-refractivity contribution < 1.29 is 4.79 Å². The molecule has 0 atom stereocenters. The summed E-state index contributed by atoms with van der Waals surface area (Å²) in [7, 11) is 1.74. The summed E-state index contributed by atoms with van der Waals surface area (Å²) in [6, 6.07) is 6.64. The van der Waals surface area contributed by atoms with E-state index < -0.39 is 5.91 Å². The summed E-state index contributed by atoms with van der Waals surface area (Å²) < 4.78 is 3.05. The molecule has 0 fully saturated rings. The van der Waals surface area contributed by atoms with Crippen molar-refractivity contribution in [3.63, 3.8) is 0 Å². The smallest absolute Gasteiger partial charge is 0.261 e. The fourth-order valence-corrected chi connectivity index (χ4v) is 3.17. The van der Waals surface area contributed by atoms with Gasteiger partial charge in [-0.1, -0.05) is 34.8 Å². The Kier molecular flexibility index (Phi) is 4.51. The number of nitrogens with one attached hydrogen (secondary N) is 1. The minimum Gasteiger partial charge on any atom is -0.319 e. The summed E-state index contributed by atoms with van der Waals surface area (Å²) in [6.45, 7) is 0. The van der Waals surface area contributed by atoms with Crippen molar-refractivity contribution in [2.75, 3.05) is 5.32 Å². The normalized spacial score (nSPS) is 11.1. The summed E-state index contributed by atoms with van der Waals surface area (Å²) in [4.78, 5) is 17.0. The highest BCUT2D eigenvalue weighted by atomic mass is 35.5. The second-order valence-electron chi connectivity index (χ2n) is 5.72. The average molecular weight is 422 g/mol. The number of carbonyl (C=O) groups excluding carboxylic acids is 1. The van der Waals surface area contributed by atoms with Crippen molar-refractivity contribution in [2.45, 2.75) is 0 Å². The molecule has 0 unspecified atom stereocenters. The van der Waals surface area contributed by atoms with Gasteiger partial charge in [0, 0.05) is 30.0 Å².